The molecule has 4 aromatic rings. The van der Waals surface area contributed by atoms with Crippen molar-refractivity contribution < 1.29 is 31.4 Å². The molecule has 0 radical (unpaired) electrons. The van der Waals surface area contributed by atoms with Crippen LogP contribution in [0.4, 0.5) is 31.5 Å². The van der Waals surface area contributed by atoms with E-state index in [-0.39, 0.29) is 28.0 Å². The molecule has 2 aliphatic heterocycles. The summed E-state index contributed by atoms with van der Waals surface area (Å²) < 4.78 is 83.9. The summed E-state index contributed by atoms with van der Waals surface area (Å²) in [6.07, 6.45) is -6.91. The molecule has 0 unspecified atom stereocenters. The first-order valence-corrected chi connectivity index (χ1v) is 12.9. The molecule has 0 amide bonds. The zero-order chi connectivity index (χ0) is 28.2. The molecule has 40 heavy (non-hydrogen) atoms. The van der Waals surface area contributed by atoms with Gasteiger partial charge in [-0.3, -0.25) is 0 Å². The molecule has 0 saturated carbocycles. The number of hydrogen-bond acceptors (Lipinski definition) is 6. The fraction of sp³-hybridized carbons (Fsp3) is 0.222. The molecule has 0 aliphatic carbocycles. The van der Waals surface area contributed by atoms with Crippen molar-refractivity contribution in [2.24, 2.45) is 10.2 Å². The van der Waals surface area contributed by atoms with Crippen LogP contribution in [0.5, 0.6) is 5.88 Å². The Kier molecular flexibility index (Phi) is 6.21. The van der Waals surface area contributed by atoms with Crippen molar-refractivity contribution >= 4 is 28.3 Å². The van der Waals surface area contributed by atoms with Gasteiger partial charge in [0.2, 0.25) is 5.88 Å². The average Bonchev–Trinajstić information content (AvgIpc) is 3.65. The molecule has 0 saturated heterocycles. The van der Waals surface area contributed by atoms with Crippen molar-refractivity contribution in [3.05, 3.63) is 98.1 Å². The Morgan fingerprint density at radius 2 is 1.80 bits per heavy atom. The molecular formula is C27H19F6N5OS. The van der Waals surface area contributed by atoms with Gasteiger partial charge >= 0.3 is 12.4 Å². The van der Waals surface area contributed by atoms with Crippen LogP contribution in [-0.4, -0.2) is 27.4 Å². The van der Waals surface area contributed by atoms with Crippen LogP contribution in [0.3, 0.4) is 0 Å². The highest BCUT2D eigenvalue weighted by Crippen LogP contribution is 2.41. The van der Waals surface area contributed by atoms with Gasteiger partial charge in [0.15, 0.2) is 5.13 Å². The zero-order valence-electron chi connectivity index (χ0n) is 20.5. The molecule has 0 atom stereocenters. The number of halogens is 6. The molecule has 4 heterocycles. The van der Waals surface area contributed by atoms with Crippen molar-refractivity contribution in [2.45, 2.75) is 31.9 Å². The van der Waals surface area contributed by atoms with Crippen LogP contribution < -0.4 is 15.5 Å². The van der Waals surface area contributed by atoms with Crippen LogP contribution in [0.2, 0.25) is 0 Å². The number of alkyl halides is 6. The van der Waals surface area contributed by atoms with E-state index >= 15 is 0 Å². The highest BCUT2D eigenvalue weighted by Gasteiger charge is 2.38. The van der Waals surface area contributed by atoms with E-state index < -0.39 is 29.9 Å². The SMILES string of the molecule is Oc1nc(N2CCn3cccc3C2)sc1C(Cc1ccc(C(F)(F)F)cc1C(F)(F)F)=c1ccc2c(c1)C=NN=2. The molecule has 2 aromatic carbocycles. The van der Waals surface area contributed by atoms with Crippen LogP contribution in [0.15, 0.2) is 64.9 Å². The van der Waals surface area contributed by atoms with Gasteiger partial charge in [-0.2, -0.15) is 41.5 Å². The van der Waals surface area contributed by atoms with E-state index in [1.54, 1.807) is 18.2 Å². The number of nitrogens with zero attached hydrogens (tertiary/aromatic N) is 5. The summed E-state index contributed by atoms with van der Waals surface area (Å²) in [6.45, 7) is 1.84. The summed E-state index contributed by atoms with van der Waals surface area (Å²) in [7, 11) is 0. The summed E-state index contributed by atoms with van der Waals surface area (Å²) in [5.41, 5.74) is -1.18. The van der Waals surface area contributed by atoms with E-state index in [1.165, 1.54) is 6.21 Å². The first-order valence-electron chi connectivity index (χ1n) is 12.1. The zero-order valence-corrected chi connectivity index (χ0v) is 21.3. The van der Waals surface area contributed by atoms with Crippen molar-refractivity contribution in [2.75, 3.05) is 11.4 Å². The molecular weight excluding hydrogens is 556 g/mol. The standard InChI is InChI=1S/C27H19F6N5OS/c28-26(29,30)18-5-3-16(21(12-18)27(31,32)33)11-20(15-4-6-22-17(10-15)13-34-36-22)23-24(39)35-25(40-23)38-9-8-37-7-1-2-19(37)14-38/h1-7,10,12-13,39H,8-9,11,14H2. The minimum atomic E-state index is -5.03. The maximum atomic E-state index is 14.0. The van der Waals surface area contributed by atoms with E-state index in [9.17, 15) is 31.4 Å². The predicted molar refractivity (Wildman–Crippen MR) is 137 cm³/mol. The van der Waals surface area contributed by atoms with Gasteiger partial charge in [-0.05, 0) is 52.8 Å². The van der Waals surface area contributed by atoms with E-state index in [4.69, 9.17) is 0 Å². The molecule has 1 N–H and O–H groups in total. The summed E-state index contributed by atoms with van der Waals surface area (Å²) in [5.74, 6) is -0.365. The van der Waals surface area contributed by atoms with Gasteiger partial charge in [0.05, 0.1) is 34.1 Å². The third kappa shape index (κ3) is 4.85. The van der Waals surface area contributed by atoms with E-state index in [1.807, 2.05) is 23.2 Å². The minimum Gasteiger partial charge on any atom is -0.492 e. The van der Waals surface area contributed by atoms with E-state index in [0.717, 1.165) is 23.1 Å². The second-order valence-corrected chi connectivity index (χ2v) is 10.4. The fourth-order valence-electron chi connectivity index (χ4n) is 4.88. The maximum Gasteiger partial charge on any atom is 0.416 e. The van der Waals surface area contributed by atoms with Crippen molar-refractivity contribution in [1.29, 1.82) is 0 Å². The van der Waals surface area contributed by atoms with E-state index in [2.05, 4.69) is 19.8 Å². The highest BCUT2D eigenvalue weighted by molar-refractivity contribution is 7.17. The largest absolute Gasteiger partial charge is 0.492 e. The summed E-state index contributed by atoms with van der Waals surface area (Å²) >= 11 is 1.12. The first-order chi connectivity index (χ1) is 19.0. The Hall–Kier alpha value is -4.13. The van der Waals surface area contributed by atoms with Gasteiger partial charge in [-0.15, -0.1) is 0 Å². The Morgan fingerprint density at radius 3 is 2.58 bits per heavy atom. The quantitative estimate of drug-likeness (QED) is 0.344. The monoisotopic (exact) mass is 575 g/mol. The van der Waals surface area contributed by atoms with Crippen molar-refractivity contribution in [1.82, 2.24) is 9.55 Å². The number of aromatic hydroxyl groups is 1. The summed E-state index contributed by atoms with van der Waals surface area (Å²) in [4.78, 5) is 6.52. The van der Waals surface area contributed by atoms with Crippen LogP contribution in [0.25, 0.3) is 5.57 Å². The predicted octanol–water partition coefficient (Wildman–Crippen LogP) is 5.12. The second-order valence-electron chi connectivity index (χ2n) is 9.40. The number of benzene rings is 2. The molecule has 6 rings (SSSR count). The van der Waals surface area contributed by atoms with Crippen LogP contribution in [0.1, 0.15) is 32.8 Å². The topological polar surface area (TPSA) is 66.0 Å². The summed E-state index contributed by atoms with van der Waals surface area (Å²) in [6, 6.07) is 10.5. The van der Waals surface area contributed by atoms with Crippen molar-refractivity contribution in [3.8, 4) is 5.88 Å². The number of thiazole rings is 1. The van der Waals surface area contributed by atoms with E-state index in [0.29, 0.717) is 47.0 Å². The number of anilines is 1. The average molecular weight is 576 g/mol. The van der Waals surface area contributed by atoms with Crippen LogP contribution >= 0.6 is 11.3 Å². The lowest BCUT2D eigenvalue weighted by Crippen LogP contribution is -2.32. The van der Waals surface area contributed by atoms with Gasteiger partial charge in [0.1, 0.15) is 0 Å². The van der Waals surface area contributed by atoms with Crippen LogP contribution in [0, 0.1) is 0 Å². The maximum absolute atomic E-state index is 14.0. The molecule has 2 aliphatic rings. The summed E-state index contributed by atoms with van der Waals surface area (Å²) in [5, 5.41) is 20.3. The van der Waals surface area contributed by atoms with Gasteiger partial charge in [-0.25, -0.2) is 0 Å². The Labute approximate surface area is 226 Å². The Bertz CT molecular complexity index is 1770. The number of aromatic nitrogens is 2. The minimum absolute atomic E-state index is 0.127. The highest BCUT2D eigenvalue weighted by atomic mass is 32.1. The third-order valence-electron chi connectivity index (χ3n) is 6.88. The Balaban J connectivity index is 1.48. The van der Waals surface area contributed by atoms with Gasteiger partial charge in [0, 0.05) is 37.0 Å². The Morgan fingerprint density at radius 1 is 0.975 bits per heavy atom. The van der Waals surface area contributed by atoms with Gasteiger partial charge in [-0.1, -0.05) is 23.5 Å². The van der Waals surface area contributed by atoms with Gasteiger partial charge < -0.3 is 14.6 Å². The first kappa shape index (κ1) is 26.1. The molecule has 0 fully saturated rings. The molecule has 206 valence electrons. The third-order valence-corrected chi connectivity index (χ3v) is 8.04. The molecule has 13 heteroatoms. The van der Waals surface area contributed by atoms with Crippen LogP contribution in [-0.2, 0) is 31.9 Å². The molecule has 6 nitrogen and oxygen atoms in total. The fourth-order valence-corrected chi connectivity index (χ4v) is 5.92. The smallest absolute Gasteiger partial charge is 0.416 e. The lowest BCUT2D eigenvalue weighted by Gasteiger charge is -2.28. The normalized spacial score (nSPS) is 15.6. The molecule has 2 aromatic heterocycles. The second kappa shape index (κ2) is 9.51. The molecule has 0 bridgehead atoms. The lowest BCUT2D eigenvalue weighted by molar-refractivity contribution is -0.143. The number of hydrogen-bond donors (Lipinski definition) is 1. The number of fused-ring (bicyclic) bond motifs is 2. The molecule has 0 spiro atoms. The van der Waals surface area contributed by atoms with Crippen molar-refractivity contribution in [3.63, 3.8) is 0 Å². The number of rotatable bonds is 4. The van der Waals surface area contributed by atoms with Gasteiger partial charge in [0.25, 0.3) is 0 Å². The lowest BCUT2D eigenvalue weighted by atomic mass is 9.94.